The van der Waals surface area contributed by atoms with Crippen LogP contribution in [0.15, 0.2) is 24.7 Å². The predicted octanol–water partition coefficient (Wildman–Crippen LogP) is 1.40. The van der Waals surface area contributed by atoms with E-state index in [1.807, 2.05) is 16.9 Å². The van der Waals surface area contributed by atoms with Crippen molar-refractivity contribution in [2.24, 2.45) is 0 Å². The van der Waals surface area contributed by atoms with E-state index in [1.165, 1.54) is 0 Å². The van der Waals surface area contributed by atoms with Crippen molar-refractivity contribution < 1.29 is 0 Å². The smallest absolute Gasteiger partial charge is 0.139 e. The Morgan fingerprint density at radius 2 is 2.25 bits per heavy atom. The Balaban J connectivity index is 2.36. The minimum absolute atomic E-state index is 0.845. The highest BCUT2D eigenvalue weighted by Crippen LogP contribution is 2.29. The fourth-order valence-corrected chi connectivity index (χ4v) is 2.31. The van der Waals surface area contributed by atoms with Crippen LogP contribution in [0.1, 0.15) is 0 Å². The first-order chi connectivity index (χ1) is 7.93. The van der Waals surface area contributed by atoms with Crippen LogP contribution in [0.2, 0.25) is 0 Å². The van der Waals surface area contributed by atoms with Crippen molar-refractivity contribution in [1.29, 1.82) is 0 Å². The number of rotatable bonds is 0. The zero-order valence-corrected chi connectivity index (χ0v) is 8.51. The fraction of sp³-hybridized carbons (Fsp3) is 0.182. The number of nitrogens with zero attached hydrogens (tertiary/aromatic N) is 4. The van der Waals surface area contributed by atoms with Crippen LogP contribution in [0, 0.1) is 0 Å². The van der Waals surface area contributed by atoms with Gasteiger partial charge in [0.1, 0.15) is 12.1 Å². The van der Waals surface area contributed by atoms with Gasteiger partial charge in [-0.1, -0.05) is 0 Å². The molecule has 0 radical (unpaired) electrons. The number of hydrogen-bond acceptors (Lipinski definition) is 4. The second-order valence-electron chi connectivity index (χ2n) is 3.91. The molecule has 0 saturated heterocycles. The molecule has 3 aromatic rings. The van der Waals surface area contributed by atoms with Gasteiger partial charge in [0.2, 0.25) is 0 Å². The lowest BCUT2D eigenvalue weighted by Crippen LogP contribution is -2.09. The molecule has 4 rings (SSSR count). The summed E-state index contributed by atoms with van der Waals surface area (Å²) >= 11 is 0. The Kier molecular flexibility index (Phi) is 1.35. The molecule has 1 aromatic carbocycles. The lowest BCUT2D eigenvalue weighted by atomic mass is 10.1. The quantitative estimate of drug-likeness (QED) is 0.610. The van der Waals surface area contributed by atoms with Crippen molar-refractivity contribution in [3.8, 4) is 0 Å². The summed E-state index contributed by atoms with van der Waals surface area (Å²) in [5.41, 5.74) is 2.10. The lowest BCUT2D eigenvalue weighted by Gasteiger charge is -2.03. The second-order valence-corrected chi connectivity index (χ2v) is 3.91. The van der Waals surface area contributed by atoms with Crippen LogP contribution in [-0.4, -0.2) is 26.3 Å². The van der Waals surface area contributed by atoms with E-state index in [2.05, 4.69) is 26.4 Å². The number of aromatic nitrogens is 4. The molecule has 16 heavy (non-hydrogen) atoms. The van der Waals surface area contributed by atoms with Crippen molar-refractivity contribution in [2.45, 2.75) is 6.54 Å². The van der Waals surface area contributed by atoms with Gasteiger partial charge in [0.05, 0.1) is 29.2 Å². The molecule has 0 saturated carbocycles. The average Bonchev–Trinajstić information content (AvgIpc) is 2.64. The van der Waals surface area contributed by atoms with Crippen molar-refractivity contribution in [3.05, 3.63) is 24.7 Å². The number of anilines is 1. The molecule has 0 bridgehead atoms. The first-order valence-corrected chi connectivity index (χ1v) is 5.26. The molecule has 0 unspecified atom stereocenters. The number of hydrogen-bond donors (Lipinski definition) is 1. The fourth-order valence-electron chi connectivity index (χ4n) is 2.31. The monoisotopic (exact) mass is 211 g/mol. The Bertz CT molecular complexity index is 700. The number of benzene rings is 1. The van der Waals surface area contributed by atoms with Gasteiger partial charge < -0.3 is 5.32 Å². The second kappa shape index (κ2) is 2.69. The lowest BCUT2D eigenvalue weighted by molar-refractivity contribution is 0.664. The third-order valence-corrected chi connectivity index (χ3v) is 3.02. The average molecular weight is 211 g/mol. The summed E-state index contributed by atoms with van der Waals surface area (Å²) in [4.78, 5) is 8.59. The molecule has 0 aliphatic carbocycles. The normalized spacial score (nSPS) is 14.2. The van der Waals surface area contributed by atoms with Gasteiger partial charge in [0, 0.05) is 11.9 Å². The Hall–Kier alpha value is -2.17. The summed E-state index contributed by atoms with van der Waals surface area (Å²) in [5.74, 6) is 0.912. The topological polar surface area (TPSA) is 55.6 Å². The molecule has 0 amide bonds. The van der Waals surface area contributed by atoms with Crippen LogP contribution in [0.25, 0.3) is 21.8 Å². The highest BCUT2D eigenvalue weighted by Gasteiger charge is 2.15. The third-order valence-electron chi connectivity index (χ3n) is 3.02. The summed E-state index contributed by atoms with van der Waals surface area (Å²) in [7, 11) is 0. The summed E-state index contributed by atoms with van der Waals surface area (Å²) in [5, 5.41) is 9.93. The summed E-state index contributed by atoms with van der Waals surface area (Å²) in [6.07, 6.45) is 3.50. The van der Waals surface area contributed by atoms with Gasteiger partial charge in [0.25, 0.3) is 0 Å². The van der Waals surface area contributed by atoms with E-state index in [1.54, 1.807) is 6.33 Å². The highest BCUT2D eigenvalue weighted by atomic mass is 15.3. The summed E-state index contributed by atoms with van der Waals surface area (Å²) in [6, 6.07) is 4.07. The molecule has 5 nitrogen and oxygen atoms in total. The minimum Gasteiger partial charge on any atom is -0.368 e. The van der Waals surface area contributed by atoms with Gasteiger partial charge in [0.15, 0.2) is 0 Å². The van der Waals surface area contributed by atoms with E-state index >= 15 is 0 Å². The minimum atomic E-state index is 0.845. The van der Waals surface area contributed by atoms with Crippen molar-refractivity contribution in [3.63, 3.8) is 0 Å². The molecular weight excluding hydrogens is 202 g/mol. The van der Waals surface area contributed by atoms with Crippen LogP contribution in [-0.2, 0) is 6.54 Å². The first kappa shape index (κ1) is 8.04. The SMILES string of the molecule is c1nc2c3c(ccc4cnn(c43)CCN2)n1. The predicted molar refractivity (Wildman–Crippen MR) is 61.3 cm³/mol. The zero-order valence-electron chi connectivity index (χ0n) is 8.51. The molecule has 0 atom stereocenters. The molecule has 1 N–H and O–H groups in total. The van der Waals surface area contributed by atoms with Crippen molar-refractivity contribution >= 4 is 27.6 Å². The molecule has 1 aliphatic heterocycles. The van der Waals surface area contributed by atoms with E-state index in [9.17, 15) is 0 Å². The molecule has 0 fully saturated rings. The van der Waals surface area contributed by atoms with Gasteiger partial charge in [-0.3, -0.25) is 4.68 Å². The molecule has 1 aliphatic rings. The Labute approximate surface area is 91.1 Å². The van der Waals surface area contributed by atoms with Crippen LogP contribution in [0.5, 0.6) is 0 Å². The van der Waals surface area contributed by atoms with Crippen LogP contribution in [0.4, 0.5) is 5.82 Å². The molecule has 2 aromatic heterocycles. The summed E-state index contributed by atoms with van der Waals surface area (Å²) in [6.45, 7) is 1.70. The molecule has 3 heterocycles. The molecule has 78 valence electrons. The van der Waals surface area contributed by atoms with Crippen LogP contribution < -0.4 is 5.32 Å². The maximum absolute atomic E-state index is 4.39. The molecule has 5 heteroatoms. The van der Waals surface area contributed by atoms with Crippen LogP contribution >= 0.6 is 0 Å². The van der Waals surface area contributed by atoms with E-state index in [-0.39, 0.29) is 0 Å². The van der Waals surface area contributed by atoms with Gasteiger partial charge in [-0.25, -0.2) is 9.97 Å². The maximum atomic E-state index is 4.39. The maximum Gasteiger partial charge on any atom is 0.139 e. The van der Waals surface area contributed by atoms with Gasteiger partial charge in [-0.05, 0) is 12.1 Å². The van der Waals surface area contributed by atoms with Crippen LogP contribution in [0.3, 0.4) is 0 Å². The number of nitrogens with one attached hydrogen (secondary N) is 1. The highest BCUT2D eigenvalue weighted by molar-refractivity contribution is 6.09. The Morgan fingerprint density at radius 1 is 1.25 bits per heavy atom. The van der Waals surface area contributed by atoms with E-state index in [4.69, 9.17) is 0 Å². The van der Waals surface area contributed by atoms with Gasteiger partial charge in [-0.2, -0.15) is 5.10 Å². The van der Waals surface area contributed by atoms with Crippen molar-refractivity contribution in [1.82, 2.24) is 19.7 Å². The molecular formula is C11H9N5. The van der Waals surface area contributed by atoms with Gasteiger partial charge >= 0.3 is 0 Å². The van der Waals surface area contributed by atoms with E-state index in [0.29, 0.717) is 0 Å². The Morgan fingerprint density at radius 3 is 3.25 bits per heavy atom. The largest absolute Gasteiger partial charge is 0.368 e. The van der Waals surface area contributed by atoms with Gasteiger partial charge in [-0.15, -0.1) is 0 Å². The summed E-state index contributed by atoms with van der Waals surface area (Å²) < 4.78 is 2.02. The van der Waals surface area contributed by atoms with E-state index in [0.717, 1.165) is 40.7 Å². The van der Waals surface area contributed by atoms with E-state index < -0.39 is 0 Å². The first-order valence-electron chi connectivity index (χ1n) is 5.26. The standard InChI is InChI=1S/C11H9N5/c1-2-8-9-10-7(1)5-15-16(10)4-3-12-11(9)14-6-13-8/h1-2,5-6H,3-4H2,(H,12,13,14). The molecule has 0 spiro atoms. The zero-order chi connectivity index (χ0) is 10.5. The third kappa shape index (κ3) is 0.875. The van der Waals surface area contributed by atoms with Crippen molar-refractivity contribution in [2.75, 3.05) is 11.9 Å².